The van der Waals surface area contributed by atoms with Gasteiger partial charge in [-0.05, 0) is 37.9 Å². The molecule has 1 atom stereocenters. The molecule has 0 spiro atoms. The predicted octanol–water partition coefficient (Wildman–Crippen LogP) is 4.24. The molecule has 0 bridgehead atoms. The quantitative estimate of drug-likeness (QED) is 0.454. The van der Waals surface area contributed by atoms with Crippen molar-refractivity contribution in [2.75, 3.05) is 0 Å². The van der Waals surface area contributed by atoms with Crippen LogP contribution in [0.15, 0.2) is 54.6 Å². The van der Waals surface area contributed by atoms with E-state index < -0.39 is 11.4 Å². The molecule has 0 aliphatic carbocycles. The van der Waals surface area contributed by atoms with E-state index in [0.717, 1.165) is 10.9 Å². The third-order valence-electron chi connectivity index (χ3n) is 3.93. The lowest BCUT2D eigenvalue weighted by Gasteiger charge is -2.13. The van der Waals surface area contributed by atoms with Crippen molar-refractivity contribution >= 4 is 43.7 Å². The second-order valence-electron chi connectivity index (χ2n) is 5.06. The summed E-state index contributed by atoms with van der Waals surface area (Å²) in [6.07, 6.45) is 0. The van der Waals surface area contributed by atoms with Crippen LogP contribution in [-0.4, -0.2) is 8.76 Å². The second-order valence-corrected chi connectivity index (χ2v) is 5.73. The minimum Gasteiger partial charge on any atom is -0.284 e. The summed E-state index contributed by atoms with van der Waals surface area (Å²) >= 11 is -2.25. The molecule has 4 aromatic carbocycles. The first-order valence-electron chi connectivity index (χ1n) is 6.63. The summed E-state index contributed by atoms with van der Waals surface area (Å²) in [6.45, 7) is 0.122. The predicted molar refractivity (Wildman–Crippen MR) is 85.7 cm³/mol. The van der Waals surface area contributed by atoms with Crippen LogP contribution in [0.5, 0.6) is 0 Å². The van der Waals surface area contributed by atoms with Crippen LogP contribution in [0.25, 0.3) is 32.3 Å². The number of benzene rings is 4. The van der Waals surface area contributed by atoms with Gasteiger partial charge in [0.2, 0.25) is 0 Å². The first-order chi connectivity index (χ1) is 10.2. The van der Waals surface area contributed by atoms with Gasteiger partial charge in [0.25, 0.3) is 0 Å². The van der Waals surface area contributed by atoms with Crippen molar-refractivity contribution in [3.63, 3.8) is 0 Å². The van der Waals surface area contributed by atoms with E-state index in [-0.39, 0.29) is 6.61 Å². The molecule has 104 valence electrons. The molecule has 1 unspecified atom stereocenters. The van der Waals surface area contributed by atoms with E-state index in [9.17, 15) is 4.21 Å². The van der Waals surface area contributed by atoms with Gasteiger partial charge in [0.15, 0.2) is 0 Å². The Hall–Kier alpha value is -2.01. The molecule has 0 saturated carbocycles. The van der Waals surface area contributed by atoms with E-state index in [0.29, 0.717) is 0 Å². The number of rotatable bonds is 3. The summed E-state index contributed by atoms with van der Waals surface area (Å²) in [5.41, 5.74) is 0.920. The smallest absolute Gasteiger partial charge is 0.284 e. The maximum atomic E-state index is 10.7. The lowest BCUT2D eigenvalue weighted by Crippen LogP contribution is -1.97. The number of hydrogen-bond acceptors (Lipinski definition) is 2. The molecule has 0 saturated heterocycles. The zero-order chi connectivity index (χ0) is 14.4. The Balaban J connectivity index is 2.08. The minimum atomic E-state index is -2.25. The molecule has 4 aromatic rings. The van der Waals surface area contributed by atoms with Gasteiger partial charge in [-0.2, -0.15) is 4.21 Å². The third-order valence-corrected chi connectivity index (χ3v) is 4.25. The van der Waals surface area contributed by atoms with Crippen LogP contribution in [0, 0.1) is 0 Å². The standard InChI is InChI=1S/C17H12O3S/c18-21(19)20-10-14-7-6-13-5-4-11-2-1-3-12-8-9-15(14)17(13)16(11)12/h1-9H,10H2,(H,18,19). The molecule has 21 heavy (non-hydrogen) atoms. The lowest BCUT2D eigenvalue weighted by atomic mass is 9.92. The van der Waals surface area contributed by atoms with E-state index in [1.807, 2.05) is 12.1 Å². The van der Waals surface area contributed by atoms with Crippen molar-refractivity contribution < 1.29 is 12.9 Å². The Bertz CT molecular complexity index is 962. The molecule has 0 fully saturated rings. The molecule has 0 heterocycles. The molecular formula is C17H12O3S. The fourth-order valence-corrected chi connectivity index (χ4v) is 3.26. The van der Waals surface area contributed by atoms with E-state index >= 15 is 0 Å². The Kier molecular flexibility index (Phi) is 2.89. The van der Waals surface area contributed by atoms with Gasteiger partial charge in [0, 0.05) is 0 Å². The van der Waals surface area contributed by atoms with E-state index in [2.05, 4.69) is 42.5 Å². The molecule has 0 aliphatic heterocycles. The fourth-order valence-electron chi connectivity index (χ4n) is 3.04. The maximum absolute atomic E-state index is 10.7. The highest BCUT2D eigenvalue weighted by atomic mass is 32.2. The Morgan fingerprint density at radius 2 is 1.48 bits per heavy atom. The van der Waals surface area contributed by atoms with Crippen molar-refractivity contribution in [1.82, 2.24) is 0 Å². The SMILES string of the molecule is O=S(O)OCc1ccc2ccc3cccc4ccc1c2c34. The zero-order valence-corrected chi connectivity index (χ0v) is 11.9. The van der Waals surface area contributed by atoms with Gasteiger partial charge in [0.05, 0.1) is 6.61 Å². The number of hydrogen-bond donors (Lipinski definition) is 1. The second kappa shape index (κ2) is 4.77. The zero-order valence-electron chi connectivity index (χ0n) is 11.1. The van der Waals surface area contributed by atoms with E-state index in [1.165, 1.54) is 26.9 Å². The highest BCUT2D eigenvalue weighted by Gasteiger charge is 2.11. The molecule has 4 rings (SSSR count). The van der Waals surface area contributed by atoms with Crippen molar-refractivity contribution in [2.45, 2.75) is 6.61 Å². The average Bonchev–Trinajstić information content (AvgIpc) is 2.51. The van der Waals surface area contributed by atoms with Crippen LogP contribution >= 0.6 is 0 Å². The Morgan fingerprint density at radius 1 is 0.857 bits per heavy atom. The Labute approximate surface area is 124 Å². The van der Waals surface area contributed by atoms with Crippen LogP contribution in [0.1, 0.15) is 5.56 Å². The van der Waals surface area contributed by atoms with Gasteiger partial charge in [-0.15, -0.1) is 0 Å². The molecule has 1 N–H and O–H groups in total. The first kappa shape index (κ1) is 12.7. The molecular weight excluding hydrogens is 284 g/mol. The van der Waals surface area contributed by atoms with E-state index in [4.69, 9.17) is 8.74 Å². The molecule has 0 radical (unpaired) electrons. The minimum absolute atomic E-state index is 0.122. The van der Waals surface area contributed by atoms with Gasteiger partial charge in [0.1, 0.15) is 0 Å². The summed E-state index contributed by atoms with van der Waals surface area (Å²) in [6, 6.07) is 18.6. The molecule has 3 nitrogen and oxygen atoms in total. The highest BCUT2D eigenvalue weighted by molar-refractivity contribution is 7.74. The first-order valence-corrected chi connectivity index (χ1v) is 7.67. The van der Waals surface area contributed by atoms with Crippen LogP contribution in [0.3, 0.4) is 0 Å². The normalized spacial score (nSPS) is 13.4. The summed E-state index contributed by atoms with van der Waals surface area (Å²) in [4.78, 5) is 0. The van der Waals surface area contributed by atoms with Gasteiger partial charge < -0.3 is 0 Å². The lowest BCUT2D eigenvalue weighted by molar-refractivity contribution is 0.298. The largest absolute Gasteiger partial charge is 0.302 e. The maximum Gasteiger partial charge on any atom is 0.302 e. The van der Waals surface area contributed by atoms with E-state index in [1.54, 1.807) is 0 Å². The molecule has 0 aliphatic rings. The van der Waals surface area contributed by atoms with Crippen LogP contribution in [0.2, 0.25) is 0 Å². The summed E-state index contributed by atoms with van der Waals surface area (Å²) in [5, 5.41) is 7.07. The molecule has 0 aromatic heterocycles. The van der Waals surface area contributed by atoms with Crippen LogP contribution < -0.4 is 0 Å². The van der Waals surface area contributed by atoms with Crippen LogP contribution in [0.4, 0.5) is 0 Å². The van der Waals surface area contributed by atoms with Gasteiger partial charge in [-0.25, -0.2) is 0 Å². The van der Waals surface area contributed by atoms with Crippen molar-refractivity contribution in [3.05, 3.63) is 60.2 Å². The third kappa shape index (κ3) is 2.00. The Morgan fingerprint density at radius 3 is 2.19 bits per heavy atom. The van der Waals surface area contributed by atoms with Gasteiger partial charge in [-0.3, -0.25) is 8.74 Å². The van der Waals surface area contributed by atoms with Crippen molar-refractivity contribution in [2.24, 2.45) is 0 Å². The van der Waals surface area contributed by atoms with Gasteiger partial charge in [-0.1, -0.05) is 54.6 Å². The van der Waals surface area contributed by atoms with Crippen LogP contribution in [-0.2, 0) is 22.2 Å². The molecule has 4 heteroatoms. The summed E-state index contributed by atoms with van der Waals surface area (Å²) in [7, 11) is 0. The van der Waals surface area contributed by atoms with Crippen molar-refractivity contribution in [1.29, 1.82) is 0 Å². The monoisotopic (exact) mass is 296 g/mol. The molecule has 0 amide bonds. The fraction of sp³-hybridized carbons (Fsp3) is 0.0588. The average molecular weight is 296 g/mol. The highest BCUT2D eigenvalue weighted by Crippen LogP contribution is 2.35. The summed E-state index contributed by atoms with van der Waals surface area (Å²) < 4.78 is 24.4. The topological polar surface area (TPSA) is 46.5 Å². The summed E-state index contributed by atoms with van der Waals surface area (Å²) in [5.74, 6) is 0. The van der Waals surface area contributed by atoms with Gasteiger partial charge >= 0.3 is 11.4 Å². The van der Waals surface area contributed by atoms with Crippen molar-refractivity contribution in [3.8, 4) is 0 Å².